The van der Waals surface area contributed by atoms with Gasteiger partial charge in [-0.1, -0.05) is 69.3 Å². The molecule has 0 saturated carbocycles. The lowest BCUT2D eigenvalue weighted by Crippen LogP contribution is -2.59. The number of likely N-dealkylation sites (tertiary alicyclic amines) is 1. The second-order valence-electron chi connectivity index (χ2n) is 9.66. The molecule has 2 aromatic carbocycles. The zero-order valence-corrected chi connectivity index (χ0v) is 20.7. The maximum Gasteiger partial charge on any atom is 0.408 e. The number of carbonyl (C=O) groups excluding carboxylic acids is 2. The summed E-state index contributed by atoms with van der Waals surface area (Å²) in [5.41, 5.74) is 2.48. The number of aliphatic carboxylic acids is 1. The van der Waals surface area contributed by atoms with Crippen LogP contribution in [0.1, 0.15) is 63.5 Å². The Hall–Kier alpha value is -3.35. The number of carboxylic acids is 1. The molecular formula is C28H34N2O5. The van der Waals surface area contributed by atoms with E-state index in [2.05, 4.69) is 29.6 Å². The fraction of sp³-hybridized carbons (Fsp3) is 0.464. The minimum absolute atomic E-state index is 0.0687. The van der Waals surface area contributed by atoms with Gasteiger partial charge >= 0.3 is 12.1 Å². The zero-order valence-electron chi connectivity index (χ0n) is 20.7. The Morgan fingerprint density at radius 1 is 1.03 bits per heavy atom. The molecule has 7 heteroatoms. The summed E-state index contributed by atoms with van der Waals surface area (Å²) in [6.45, 7) is 6.24. The lowest BCUT2D eigenvalue weighted by atomic mass is 9.84. The molecule has 0 radical (unpaired) electrons. The van der Waals surface area contributed by atoms with Crippen molar-refractivity contribution in [3.8, 4) is 11.1 Å². The molecule has 1 saturated heterocycles. The molecule has 2 N–H and O–H groups in total. The van der Waals surface area contributed by atoms with Gasteiger partial charge in [-0.25, -0.2) is 4.79 Å². The van der Waals surface area contributed by atoms with Crippen LogP contribution >= 0.6 is 0 Å². The van der Waals surface area contributed by atoms with E-state index in [1.807, 2.05) is 45.0 Å². The van der Waals surface area contributed by atoms with Crippen molar-refractivity contribution in [3.63, 3.8) is 0 Å². The van der Waals surface area contributed by atoms with Crippen molar-refractivity contribution in [2.24, 2.45) is 5.41 Å². The molecule has 0 aromatic heterocycles. The highest BCUT2D eigenvalue weighted by Crippen LogP contribution is 2.44. The van der Waals surface area contributed by atoms with Gasteiger partial charge in [0.15, 0.2) is 0 Å². The minimum atomic E-state index is -1.13. The normalized spacial score (nSPS) is 19.2. The molecule has 2 aromatic rings. The predicted molar refractivity (Wildman–Crippen MR) is 133 cm³/mol. The first-order valence-corrected chi connectivity index (χ1v) is 12.5. The third-order valence-corrected chi connectivity index (χ3v) is 8.07. The van der Waals surface area contributed by atoms with E-state index < -0.39 is 23.0 Å². The van der Waals surface area contributed by atoms with Crippen LogP contribution in [0.2, 0.25) is 0 Å². The van der Waals surface area contributed by atoms with Gasteiger partial charge in [0, 0.05) is 19.0 Å². The van der Waals surface area contributed by atoms with Gasteiger partial charge in [-0.15, -0.1) is 0 Å². The van der Waals surface area contributed by atoms with Crippen molar-refractivity contribution in [1.82, 2.24) is 10.2 Å². The summed E-state index contributed by atoms with van der Waals surface area (Å²) in [6.07, 6.45) is 1.00. The van der Waals surface area contributed by atoms with Gasteiger partial charge in [-0.05, 0) is 47.9 Å². The molecule has 4 rings (SSSR count). The van der Waals surface area contributed by atoms with Crippen molar-refractivity contribution in [2.75, 3.05) is 19.7 Å². The molecule has 1 heterocycles. The Morgan fingerprint density at radius 2 is 1.60 bits per heavy atom. The lowest BCUT2D eigenvalue weighted by molar-refractivity contribution is -0.149. The minimum Gasteiger partial charge on any atom is -0.481 e. The van der Waals surface area contributed by atoms with Crippen LogP contribution in [0.5, 0.6) is 0 Å². The summed E-state index contributed by atoms with van der Waals surface area (Å²) in [6, 6.07) is 16.3. The summed E-state index contributed by atoms with van der Waals surface area (Å²) in [7, 11) is 0. The average molecular weight is 479 g/mol. The number of rotatable bonds is 8. The quantitative estimate of drug-likeness (QED) is 0.568. The number of alkyl carbamates (subject to hydrolysis) is 1. The van der Waals surface area contributed by atoms with Crippen molar-refractivity contribution in [2.45, 2.75) is 57.9 Å². The maximum absolute atomic E-state index is 13.5. The fourth-order valence-corrected chi connectivity index (χ4v) is 5.58. The van der Waals surface area contributed by atoms with Crippen LogP contribution in [0.3, 0.4) is 0 Å². The zero-order chi connectivity index (χ0) is 25.2. The molecule has 1 aliphatic carbocycles. The fourth-order valence-electron chi connectivity index (χ4n) is 5.58. The predicted octanol–water partition coefficient (Wildman–Crippen LogP) is 4.80. The van der Waals surface area contributed by atoms with Crippen molar-refractivity contribution in [3.05, 3.63) is 59.7 Å². The van der Waals surface area contributed by atoms with Gasteiger partial charge in [0.2, 0.25) is 5.91 Å². The SMILES string of the molecule is CCC1(C(=O)O)CCN(C(=O)C(CC)(CC)NC(=O)OCC2c3ccccc3-c3ccccc32)C1. The molecule has 7 nitrogen and oxygen atoms in total. The first-order chi connectivity index (χ1) is 16.8. The van der Waals surface area contributed by atoms with Crippen molar-refractivity contribution in [1.29, 1.82) is 0 Å². The van der Waals surface area contributed by atoms with Gasteiger partial charge in [-0.2, -0.15) is 0 Å². The summed E-state index contributed by atoms with van der Waals surface area (Å²) in [4.78, 5) is 40.0. The Morgan fingerprint density at radius 3 is 2.09 bits per heavy atom. The largest absolute Gasteiger partial charge is 0.481 e. The number of benzene rings is 2. The lowest BCUT2D eigenvalue weighted by Gasteiger charge is -2.35. The molecule has 0 bridgehead atoms. The topological polar surface area (TPSA) is 95.9 Å². The Labute approximate surface area is 206 Å². The molecular weight excluding hydrogens is 444 g/mol. The highest BCUT2D eigenvalue weighted by molar-refractivity contribution is 5.91. The molecule has 2 aliphatic rings. The van der Waals surface area contributed by atoms with E-state index in [1.165, 1.54) is 0 Å². The van der Waals surface area contributed by atoms with Crippen molar-refractivity contribution < 1.29 is 24.2 Å². The standard InChI is InChI=1S/C28H34N2O5/c1-4-27(25(32)33)15-16-30(18-27)24(31)28(5-2,6-3)29-26(34)35-17-23-21-13-9-7-11-19(21)20-12-8-10-14-22(20)23/h7-14,23H,4-6,15-18H2,1-3H3,(H,29,34)(H,32,33). The first kappa shape index (κ1) is 24.8. The molecule has 1 fully saturated rings. The number of ether oxygens (including phenoxy) is 1. The Bertz CT molecular complexity index is 1080. The number of hydrogen-bond acceptors (Lipinski definition) is 4. The second-order valence-corrected chi connectivity index (χ2v) is 9.66. The van der Waals surface area contributed by atoms with Crippen LogP contribution in [0, 0.1) is 5.41 Å². The van der Waals surface area contributed by atoms with Gasteiger partial charge < -0.3 is 20.1 Å². The van der Waals surface area contributed by atoms with Crippen LogP contribution < -0.4 is 5.32 Å². The summed E-state index contributed by atoms with van der Waals surface area (Å²) in [5.74, 6) is -1.19. The second kappa shape index (κ2) is 9.72. The van der Waals surface area contributed by atoms with Gasteiger partial charge in [0.25, 0.3) is 0 Å². The van der Waals surface area contributed by atoms with E-state index >= 15 is 0 Å². The number of carboxylic acid groups (broad SMARTS) is 1. The van der Waals surface area contributed by atoms with Crippen LogP contribution in [0.15, 0.2) is 48.5 Å². The number of hydrogen-bond donors (Lipinski definition) is 2. The average Bonchev–Trinajstić information content (AvgIpc) is 3.46. The Balaban J connectivity index is 1.46. The summed E-state index contributed by atoms with van der Waals surface area (Å²) in [5, 5.41) is 12.6. The molecule has 186 valence electrons. The van der Waals surface area contributed by atoms with Crippen LogP contribution in [-0.4, -0.2) is 53.2 Å². The third kappa shape index (κ3) is 4.28. The van der Waals surface area contributed by atoms with E-state index in [-0.39, 0.29) is 25.0 Å². The Kier molecular flexibility index (Phi) is 6.88. The van der Waals surface area contributed by atoms with Gasteiger partial charge in [0.05, 0.1) is 5.41 Å². The monoisotopic (exact) mass is 478 g/mol. The summed E-state index contributed by atoms with van der Waals surface area (Å²) < 4.78 is 5.70. The number of amides is 2. The molecule has 0 spiro atoms. The van der Waals surface area contributed by atoms with E-state index in [1.54, 1.807) is 4.90 Å². The molecule has 1 aliphatic heterocycles. The number of nitrogens with zero attached hydrogens (tertiary/aromatic N) is 1. The smallest absolute Gasteiger partial charge is 0.408 e. The van der Waals surface area contributed by atoms with E-state index in [0.29, 0.717) is 32.2 Å². The van der Waals surface area contributed by atoms with Crippen LogP contribution in [0.25, 0.3) is 11.1 Å². The first-order valence-electron chi connectivity index (χ1n) is 12.5. The number of nitrogens with one attached hydrogen (secondary N) is 1. The highest BCUT2D eigenvalue weighted by Gasteiger charge is 2.49. The maximum atomic E-state index is 13.5. The third-order valence-electron chi connectivity index (χ3n) is 8.07. The van der Waals surface area contributed by atoms with Crippen LogP contribution in [0.4, 0.5) is 4.79 Å². The van der Waals surface area contributed by atoms with E-state index in [4.69, 9.17) is 4.74 Å². The highest BCUT2D eigenvalue weighted by atomic mass is 16.5. The van der Waals surface area contributed by atoms with Gasteiger partial charge in [0.1, 0.15) is 12.1 Å². The van der Waals surface area contributed by atoms with Crippen molar-refractivity contribution >= 4 is 18.0 Å². The summed E-state index contributed by atoms with van der Waals surface area (Å²) >= 11 is 0. The van der Waals surface area contributed by atoms with Gasteiger partial charge in [-0.3, -0.25) is 9.59 Å². The van der Waals surface area contributed by atoms with Crippen LogP contribution in [-0.2, 0) is 14.3 Å². The molecule has 1 atom stereocenters. The molecule has 2 amide bonds. The molecule has 1 unspecified atom stereocenters. The molecule has 35 heavy (non-hydrogen) atoms. The van der Waals surface area contributed by atoms with E-state index in [9.17, 15) is 19.5 Å². The van der Waals surface area contributed by atoms with E-state index in [0.717, 1.165) is 22.3 Å². The number of fused-ring (bicyclic) bond motifs is 3. The number of carbonyl (C=O) groups is 3.